The van der Waals surface area contributed by atoms with Crippen molar-refractivity contribution in [2.75, 3.05) is 11.5 Å². The van der Waals surface area contributed by atoms with Crippen molar-refractivity contribution < 1.29 is 0 Å². The van der Waals surface area contributed by atoms with Gasteiger partial charge in [0.05, 0.1) is 0 Å². The van der Waals surface area contributed by atoms with E-state index in [2.05, 4.69) is 24.3 Å². The van der Waals surface area contributed by atoms with Crippen LogP contribution in [0.4, 0.5) is 11.4 Å². The van der Waals surface area contributed by atoms with Crippen LogP contribution in [0.2, 0.25) is 0 Å². The van der Waals surface area contributed by atoms with Crippen LogP contribution in [0.15, 0.2) is 30.3 Å². The van der Waals surface area contributed by atoms with E-state index in [1.165, 1.54) is 16.5 Å². The van der Waals surface area contributed by atoms with Gasteiger partial charge in [-0.05, 0) is 35.1 Å². The number of hydrogen-bond donors (Lipinski definition) is 2. The summed E-state index contributed by atoms with van der Waals surface area (Å²) < 4.78 is 0. The Balaban J connectivity index is 2.59. The van der Waals surface area contributed by atoms with Crippen LogP contribution >= 0.6 is 0 Å². The fourth-order valence-electron chi connectivity index (χ4n) is 2.27. The maximum Gasteiger partial charge on any atom is 0.0415 e. The Bertz CT molecular complexity index is 574. The predicted molar refractivity (Wildman–Crippen MR) is 65.5 cm³/mol. The van der Waals surface area contributed by atoms with E-state index < -0.39 is 0 Å². The highest BCUT2D eigenvalue weighted by Gasteiger charge is 2.12. The molecule has 0 atom stereocenters. The molecule has 74 valence electrons. The van der Waals surface area contributed by atoms with Gasteiger partial charge in [0, 0.05) is 16.8 Å². The lowest BCUT2D eigenvalue weighted by Crippen LogP contribution is -1.99. The third-order valence-corrected chi connectivity index (χ3v) is 2.98. The minimum atomic E-state index is 0.767. The van der Waals surface area contributed by atoms with Gasteiger partial charge in [0.25, 0.3) is 0 Å². The minimum absolute atomic E-state index is 0.767. The molecule has 0 amide bonds. The lowest BCUT2D eigenvalue weighted by molar-refractivity contribution is 1.29. The first-order valence-corrected chi connectivity index (χ1v) is 5.03. The average Bonchev–Trinajstić information content (AvgIpc) is 2.25. The number of nitrogens with two attached hydrogens (primary N) is 2. The molecule has 0 bridgehead atoms. The van der Waals surface area contributed by atoms with Crippen molar-refractivity contribution in [1.29, 1.82) is 0 Å². The molecule has 0 saturated heterocycles. The molecular formula is C13H12N2. The summed E-state index contributed by atoms with van der Waals surface area (Å²) in [5.41, 5.74) is 16.0. The monoisotopic (exact) mass is 196 g/mol. The fourth-order valence-corrected chi connectivity index (χ4v) is 2.27. The molecule has 1 aliphatic rings. The van der Waals surface area contributed by atoms with Crippen LogP contribution in [0, 0.1) is 0 Å². The summed E-state index contributed by atoms with van der Waals surface area (Å²) in [5.74, 6) is 0. The van der Waals surface area contributed by atoms with E-state index in [-0.39, 0.29) is 0 Å². The van der Waals surface area contributed by atoms with Crippen LogP contribution in [-0.2, 0) is 6.42 Å². The summed E-state index contributed by atoms with van der Waals surface area (Å²) in [6, 6.07) is 8.00. The van der Waals surface area contributed by atoms with Gasteiger partial charge in [0.1, 0.15) is 0 Å². The summed E-state index contributed by atoms with van der Waals surface area (Å²) >= 11 is 0. The summed E-state index contributed by atoms with van der Waals surface area (Å²) in [6.45, 7) is 0. The van der Waals surface area contributed by atoms with Crippen molar-refractivity contribution in [2.45, 2.75) is 6.42 Å². The fraction of sp³-hybridized carbons (Fsp3) is 0.0769. The lowest BCUT2D eigenvalue weighted by atomic mass is 9.91. The third kappa shape index (κ3) is 1.05. The number of allylic oxidation sites excluding steroid dienone is 1. The second kappa shape index (κ2) is 2.76. The number of hydrogen-bond acceptors (Lipinski definition) is 2. The second-order valence-corrected chi connectivity index (χ2v) is 3.91. The van der Waals surface area contributed by atoms with Crippen molar-refractivity contribution in [3.63, 3.8) is 0 Å². The summed E-state index contributed by atoms with van der Waals surface area (Å²) in [5, 5.41) is 2.23. The Hall–Kier alpha value is -1.96. The average molecular weight is 196 g/mol. The highest BCUT2D eigenvalue weighted by molar-refractivity contribution is 6.07. The molecule has 2 heteroatoms. The summed E-state index contributed by atoms with van der Waals surface area (Å²) in [4.78, 5) is 0. The van der Waals surface area contributed by atoms with E-state index in [0.29, 0.717) is 0 Å². The zero-order chi connectivity index (χ0) is 10.4. The summed E-state index contributed by atoms with van der Waals surface area (Å²) in [6.07, 6.45) is 5.27. The molecule has 0 unspecified atom stereocenters. The third-order valence-electron chi connectivity index (χ3n) is 2.98. The normalized spacial score (nSPS) is 13.3. The molecule has 0 fully saturated rings. The van der Waals surface area contributed by atoms with Crippen molar-refractivity contribution >= 4 is 28.2 Å². The van der Waals surface area contributed by atoms with Gasteiger partial charge in [0.2, 0.25) is 0 Å². The van der Waals surface area contributed by atoms with Crippen LogP contribution in [-0.4, -0.2) is 0 Å². The molecule has 4 N–H and O–H groups in total. The number of anilines is 2. The number of benzene rings is 2. The van der Waals surface area contributed by atoms with Crippen molar-refractivity contribution in [1.82, 2.24) is 0 Å². The van der Waals surface area contributed by atoms with Gasteiger partial charge in [-0.2, -0.15) is 0 Å². The molecule has 0 radical (unpaired) electrons. The van der Waals surface area contributed by atoms with E-state index in [4.69, 9.17) is 11.5 Å². The first kappa shape index (κ1) is 8.36. The van der Waals surface area contributed by atoms with Crippen LogP contribution in [0.5, 0.6) is 0 Å². The standard InChI is InChI=1S/C13H12N2/c14-10-6-4-8-2-1-3-9-5-7-11(15)13(10)12(8)9/h1-2,4-7H,3,14-15H2. The zero-order valence-corrected chi connectivity index (χ0v) is 8.33. The van der Waals surface area contributed by atoms with Gasteiger partial charge < -0.3 is 11.5 Å². The highest BCUT2D eigenvalue weighted by atomic mass is 14.6. The van der Waals surface area contributed by atoms with Gasteiger partial charge >= 0.3 is 0 Å². The van der Waals surface area contributed by atoms with Crippen LogP contribution in [0.1, 0.15) is 11.1 Å². The molecule has 3 rings (SSSR count). The van der Waals surface area contributed by atoms with E-state index in [0.717, 1.165) is 23.2 Å². The van der Waals surface area contributed by atoms with Gasteiger partial charge in [0.15, 0.2) is 0 Å². The molecule has 0 aliphatic heterocycles. The maximum absolute atomic E-state index is 5.97. The quantitative estimate of drug-likeness (QED) is 0.636. The smallest absolute Gasteiger partial charge is 0.0415 e. The lowest BCUT2D eigenvalue weighted by Gasteiger charge is -2.15. The number of nitrogen functional groups attached to an aromatic ring is 2. The number of rotatable bonds is 0. The second-order valence-electron chi connectivity index (χ2n) is 3.91. The van der Waals surface area contributed by atoms with E-state index in [1.54, 1.807) is 0 Å². The van der Waals surface area contributed by atoms with Crippen LogP contribution in [0.3, 0.4) is 0 Å². The minimum Gasteiger partial charge on any atom is -0.398 e. The van der Waals surface area contributed by atoms with Gasteiger partial charge in [-0.1, -0.05) is 24.3 Å². The molecule has 2 nitrogen and oxygen atoms in total. The summed E-state index contributed by atoms with van der Waals surface area (Å²) in [7, 11) is 0. The zero-order valence-electron chi connectivity index (χ0n) is 8.33. The molecule has 0 aromatic heterocycles. The van der Waals surface area contributed by atoms with Crippen molar-refractivity contribution in [3.8, 4) is 0 Å². The Morgan fingerprint density at radius 1 is 0.867 bits per heavy atom. The molecule has 1 aliphatic carbocycles. The van der Waals surface area contributed by atoms with E-state index in [1.807, 2.05) is 12.1 Å². The molecule has 0 saturated carbocycles. The molecular weight excluding hydrogens is 184 g/mol. The maximum atomic E-state index is 5.97. The van der Waals surface area contributed by atoms with Crippen molar-refractivity contribution in [3.05, 3.63) is 41.5 Å². The highest BCUT2D eigenvalue weighted by Crippen LogP contribution is 2.35. The largest absolute Gasteiger partial charge is 0.398 e. The van der Waals surface area contributed by atoms with Gasteiger partial charge in [-0.3, -0.25) is 0 Å². The van der Waals surface area contributed by atoms with Gasteiger partial charge in [-0.25, -0.2) is 0 Å². The molecule has 2 aromatic carbocycles. The molecule has 0 heterocycles. The Morgan fingerprint density at radius 2 is 1.60 bits per heavy atom. The van der Waals surface area contributed by atoms with E-state index >= 15 is 0 Å². The Labute approximate surface area is 88.2 Å². The molecule has 0 spiro atoms. The molecule has 15 heavy (non-hydrogen) atoms. The van der Waals surface area contributed by atoms with Gasteiger partial charge in [-0.15, -0.1) is 0 Å². The first-order chi connectivity index (χ1) is 7.27. The predicted octanol–water partition coefficient (Wildman–Crippen LogP) is 2.57. The van der Waals surface area contributed by atoms with Crippen LogP contribution in [0.25, 0.3) is 16.8 Å². The molecule has 2 aromatic rings. The van der Waals surface area contributed by atoms with Crippen molar-refractivity contribution in [2.24, 2.45) is 0 Å². The Morgan fingerprint density at radius 3 is 2.40 bits per heavy atom. The first-order valence-electron chi connectivity index (χ1n) is 5.03. The van der Waals surface area contributed by atoms with E-state index in [9.17, 15) is 0 Å². The van der Waals surface area contributed by atoms with Crippen LogP contribution < -0.4 is 11.5 Å². The Kier molecular flexibility index (Phi) is 1.54. The topological polar surface area (TPSA) is 52.0 Å². The SMILES string of the molecule is Nc1ccc2c3c(ccc(N)c13)CC=C2.